The number of anilines is 2. The van der Waals surface area contributed by atoms with Crippen LogP contribution in [0.2, 0.25) is 0 Å². The summed E-state index contributed by atoms with van der Waals surface area (Å²) in [5, 5.41) is 9.79. The van der Waals surface area contributed by atoms with Gasteiger partial charge in [-0.2, -0.15) is 0 Å². The van der Waals surface area contributed by atoms with E-state index in [1.165, 1.54) is 253 Å². The van der Waals surface area contributed by atoms with Crippen molar-refractivity contribution in [1.82, 2.24) is 4.98 Å². The van der Waals surface area contributed by atoms with E-state index < -0.39 is 0 Å². The minimum absolute atomic E-state index is 1.05. The summed E-state index contributed by atoms with van der Waals surface area (Å²) >= 11 is 0. The molecule has 3 aromatic rings. The number of benzene rings is 2. The van der Waals surface area contributed by atoms with E-state index in [1.54, 1.807) is 0 Å². The van der Waals surface area contributed by atoms with Gasteiger partial charge in [-0.1, -0.05) is 244 Å². The van der Waals surface area contributed by atoms with Gasteiger partial charge in [-0.25, -0.2) is 4.98 Å². The van der Waals surface area contributed by atoms with Crippen molar-refractivity contribution in [1.29, 1.82) is 0 Å². The SMILES string of the molecule is CCCCCCCCCCCCCCCCCCCCNc1ccc2cc3ccc(NCCCCCCCCCCCCCCCCCCCC)cc3nc2c1. The van der Waals surface area contributed by atoms with Crippen LogP contribution in [-0.2, 0) is 0 Å². The summed E-state index contributed by atoms with van der Waals surface area (Å²) in [5.41, 5.74) is 4.56. The molecule has 0 spiro atoms. The topological polar surface area (TPSA) is 37.0 Å². The monoisotopic (exact) mass is 770 g/mol. The third-order valence-corrected chi connectivity index (χ3v) is 12.3. The fourth-order valence-electron chi connectivity index (χ4n) is 8.56. The average Bonchev–Trinajstić information content (AvgIpc) is 3.21. The Morgan fingerprint density at radius 3 is 0.821 bits per heavy atom. The number of rotatable bonds is 40. The summed E-state index contributed by atoms with van der Waals surface area (Å²) in [4.78, 5) is 5.08. The molecule has 0 fully saturated rings. The van der Waals surface area contributed by atoms with E-state index in [4.69, 9.17) is 4.98 Å². The molecule has 3 rings (SSSR count). The lowest BCUT2D eigenvalue weighted by atomic mass is 10.0. The van der Waals surface area contributed by atoms with Crippen molar-refractivity contribution >= 4 is 33.2 Å². The molecule has 0 amide bonds. The van der Waals surface area contributed by atoms with E-state index in [9.17, 15) is 0 Å². The van der Waals surface area contributed by atoms with Gasteiger partial charge in [0.25, 0.3) is 0 Å². The van der Waals surface area contributed by atoms with Gasteiger partial charge in [0.05, 0.1) is 11.0 Å². The van der Waals surface area contributed by atoms with Gasteiger partial charge in [0.2, 0.25) is 0 Å². The van der Waals surface area contributed by atoms with Crippen molar-refractivity contribution < 1.29 is 0 Å². The van der Waals surface area contributed by atoms with Crippen LogP contribution in [-0.4, -0.2) is 18.1 Å². The molecule has 0 saturated carbocycles. The summed E-state index contributed by atoms with van der Waals surface area (Å²) < 4.78 is 0. The van der Waals surface area contributed by atoms with E-state index in [0.29, 0.717) is 0 Å². The van der Waals surface area contributed by atoms with Gasteiger partial charge in [0.1, 0.15) is 0 Å². The van der Waals surface area contributed by atoms with E-state index in [2.05, 4.69) is 66.9 Å². The second-order valence-corrected chi connectivity index (χ2v) is 17.7. The molecular weight excluding hydrogens is 679 g/mol. The molecule has 1 heterocycles. The minimum Gasteiger partial charge on any atom is -0.385 e. The maximum absolute atomic E-state index is 5.08. The number of nitrogens with one attached hydrogen (secondary N) is 2. The lowest BCUT2D eigenvalue weighted by Crippen LogP contribution is -2.02. The first kappa shape index (κ1) is 48.1. The second-order valence-electron chi connectivity index (χ2n) is 17.7. The highest BCUT2D eigenvalue weighted by molar-refractivity contribution is 5.95. The van der Waals surface area contributed by atoms with Gasteiger partial charge in [-0.15, -0.1) is 0 Å². The number of nitrogens with zero attached hydrogens (tertiary/aromatic N) is 1. The maximum atomic E-state index is 5.08. The van der Waals surface area contributed by atoms with Crippen LogP contribution in [0.25, 0.3) is 21.8 Å². The zero-order valence-corrected chi connectivity index (χ0v) is 37.4. The van der Waals surface area contributed by atoms with E-state index in [0.717, 1.165) is 24.1 Å². The van der Waals surface area contributed by atoms with Crippen molar-refractivity contribution in [3.05, 3.63) is 42.5 Å². The number of pyridine rings is 1. The first-order valence-corrected chi connectivity index (χ1v) is 25.1. The Labute approximate surface area is 348 Å². The van der Waals surface area contributed by atoms with E-state index in [1.807, 2.05) is 0 Å². The van der Waals surface area contributed by atoms with Crippen LogP contribution in [0.1, 0.15) is 245 Å². The zero-order valence-electron chi connectivity index (χ0n) is 37.4. The number of hydrogen-bond acceptors (Lipinski definition) is 3. The third kappa shape index (κ3) is 24.5. The molecule has 3 nitrogen and oxygen atoms in total. The Kier molecular flexibility index (Phi) is 29.8. The van der Waals surface area contributed by atoms with Gasteiger partial charge >= 0.3 is 0 Å². The predicted molar refractivity (Wildman–Crippen MR) is 254 cm³/mol. The minimum atomic E-state index is 1.05. The average molecular weight is 770 g/mol. The molecule has 0 aliphatic rings. The zero-order chi connectivity index (χ0) is 39.4. The van der Waals surface area contributed by atoms with Crippen LogP contribution in [0, 0.1) is 0 Å². The van der Waals surface area contributed by atoms with Crippen LogP contribution in [0.5, 0.6) is 0 Å². The number of hydrogen-bond donors (Lipinski definition) is 2. The van der Waals surface area contributed by atoms with Crippen molar-refractivity contribution in [2.24, 2.45) is 0 Å². The highest BCUT2D eigenvalue weighted by Gasteiger charge is 2.04. The van der Waals surface area contributed by atoms with Crippen LogP contribution in [0.4, 0.5) is 11.4 Å². The van der Waals surface area contributed by atoms with Gasteiger partial charge in [-0.05, 0) is 43.2 Å². The number of aromatic nitrogens is 1. The van der Waals surface area contributed by atoms with Crippen molar-refractivity contribution in [3.8, 4) is 0 Å². The molecule has 0 radical (unpaired) electrons. The lowest BCUT2D eigenvalue weighted by Gasteiger charge is -2.10. The van der Waals surface area contributed by atoms with Crippen LogP contribution >= 0.6 is 0 Å². The molecule has 1 aromatic heterocycles. The summed E-state index contributed by atoms with van der Waals surface area (Å²) in [7, 11) is 0. The van der Waals surface area contributed by atoms with Gasteiger partial charge in [0, 0.05) is 35.2 Å². The van der Waals surface area contributed by atoms with Crippen LogP contribution in [0.3, 0.4) is 0 Å². The van der Waals surface area contributed by atoms with Gasteiger partial charge in [0.15, 0.2) is 0 Å². The molecule has 2 N–H and O–H groups in total. The van der Waals surface area contributed by atoms with Crippen molar-refractivity contribution in [3.63, 3.8) is 0 Å². The fourth-order valence-corrected chi connectivity index (χ4v) is 8.56. The van der Waals surface area contributed by atoms with Gasteiger partial charge < -0.3 is 10.6 Å². The quantitative estimate of drug-likeness (QED) is 0.0447. The Hall–Kier alpha value is -2.29. The van der Waals surface area contributed by atoms with E-state index in [-0.39, 0.29) is 0 Å². The van der Waals surface area contributed by atoms with Crippen LogP contribution in [0.15, 0.2) is 42.5 Å². The maximum Gasteiger partial charge on any atom is 0.0730 e. The normalized spacial score (nSPS) is 11.6. The molecule has 0 bridgehead atoms. The molecule has 0 atom stereocenters. The second kappa shape index (κ2) is 34.7. The lowest BCUT2D eigenvalue weighted by molar-refractivity contribution is 0.526. The standard InChI is InChI=1S/C53H91N3/c1-3-5-7-9-11-13-15-17-19-21-23-25-27-29-31-33-35-37-43-54-50-41-39-48-45-49-40-42-51(47-53(49)56-52(48)46-50)55-44-38-36-34-32-30-28-26-24-22-20-18-16-14-12-10-8-6-4-2/h39-42,45-47,54-55H,3-38,43-44H2,1-2H3. The van der Waals surface area contributed by atoms with Crippen LogP contribution < -0.4 is 10.6 Å². The third-order valence-electron chi connectivity index (χ3n) is 12.3. The Morgan fingerprint density at radius 1 is 0.304 bits per heavy atom. The summed E-state index contributed by atoms with van der Waals surface area (Å²) in [6.07, 6.45) is 51.2. The summed E-state index contributed by atoms with van der Waals surface area (Å²) in [6, 6.07) is 15.7. The smallest absolute Gasteiger partial charge is 0.0730 e. The Morgan fingerprint density at radius 2 is 0.554 bits per heavy atom. The number of unbranched alkanes of at least 4 members (excludes halogenated alkanes) is 34. The molecule has 0 aliphatic carbocycles. The number of fused-ring (bicyclic) bond motifs is 2. The molecule has 2 aromatic carbocycles. The summed E-state index contributed by atoms with van der Waals surface area (Å²) in [6.45, 7) is 6.70. The highest BCUT2D eigenvalue weighted by Crippen LogP contribution is 2.25. The molecular formula is C53H91N3. The molecule has 0 unspecified atom stereocenters. The first-order chi connectivity index (χ1) is 27.8. The largest absolute Gasteiger partial charge is 0.385 e. The highest BCUT2D eigenvalue weighted by atomic mass is 14.9. The molecule has 0 aliphatic heterocycles. The summed E-state index contributed by atoms with van der Waals surface area (Å²) in [5.74, 6) is 0. The Balaban J connectivity index is 1.14. The molecule has 318 valence electrons. The Bertz CT molecular complexity index is 1220. The molecule has 0 saturated heterocycles. The molecule has 56 heavy (non-hydrogen) atoms. The fraction of sp³-hybridized carbons (Fsp3) is 0.755. The first-order valence-electron chi connectivity index (χ1n) is 25.1. The molecule has 3 heteroatoms. The predicted octanol–water partition coefficient (Wildman–Crippen LogP) is 18.3. The van der Waals surface area contributed by atoms with Crippen molar-refractivity contribution in [2.75, 3.05) is 23.7 Å². The van der Waals surface area contributed by atoms with E-state index >= 15 is 0 Å². The van der Waals surface area contributed by atoms with Gasteiger partial charge in [-0.3, -0.25) is 0 Å². The van der Waals surface area contributed by atoms with Crippen molar-refractivity contribution in [2.45, 2.75) is 245 Å².